The van der Waals surface area contributed by atoms with E-state index in [1.54, 1.807) is 7.05 Å². The largest absolute Gasteiger partial charge is 0.396 e. The zero-order valence-corrected chi connectivity index (χ0v) is 11.9. The van der Waals surface area contributed by atoms with Crippen molar-refractivity contribution in [3.8, 4) is 0 Å². The zero-order valence-electron chi connectivity index (χ0n) is 11.1. The molecule has 0 aliphatic heterocycles. The maximum Gasteiger partial charge on any atom is 0.279 e. The van der Waals surface area contributed by atoms with Crippen LogP contribution in [-0.4, -0.2) is 43.6 Å². The lowest BCUT2D eigenvalue weighted by molar-refractivity contribution is 0.126. The van der Waals surface area contributed by atoms with E-state index >= 15 is 0 Å². The van der Waals surface area contributed by atoms with Crippen molar-refractivity contribution in [1.29, 1.82) is 0 Å². The number of nitrogens with one attached hydrogen (secondary N) is 1. The van der Waals surface area contributed by atoms with Gasteiger partial charge in [-0.15, -0.1) is 0 Å². The molecule has 0 bridgehead atoms. The first-order valence-electron chi connectivity index (χ1n) is 6.09. The third kappa shape index (κ3) is 3.19. The molecule has 0 spiro atoms. The predicted molar refractivity (Wildman–Crippen MR) is 67.8 cm³/mol. The van der Waals surface area contributed by atoms with Gasteiger partial charge in [0, 0.05) is 31.2 Å². The number of hydrogen-bond donors (Lipinski definition) is 2. The van der Waals surface area contributed by atoms with Crippen LogP contribution in [0.2, 0.25) is 0 Å². The molecular weight excluding hydrogens is 240 g/mol. The first-order valence-corrected chi connectivity index (χ1v) is 7.53. The average molecular weight is 264 g/mol. The van der Waals surface area contributed by atoms with Gasteiger partial charge in [0.15, 0.2) is 0 Å². The molecule has 0 aromatic carbocycles. The van der Waals surface area contributed by atoms with Gasteiger partial charge in [-0.3, -0.25) is 0 Å². The molecular formula is C11H24N2O3S. The molecule has 0 radical (unpaired) electrons. The number of nitrogens with zero attached hydrogens (tertiary/aromatic N) is 1. The highest BCUT2D eigenvalue weighted by Crippen LogP contribution is 2.37. The molecule has 2 unspecified atom stereocenters. The van der Waals surface area contributed by atoms with E-state index in [0.29, 0.717) is 0 Å². The van der Waals surface area contributed by atoms with Gasteiger partial charge in [-0.2, -0.15) is 17.4 Å². The van der Waals surface area contributed by atoms with Crippen LogP contribution < -0.4 is 4.72 Å². The van der Waals surface area contributed by atoms with Crippen LogP contribution in [0.5, 0.6) is 0 Å². The number of hydrogen-bond acceptors (Lipinski definition) is 3. The quantitative estimate of drug-likeness (QED) is 0.768. The monoisotopic (exact) mass is 264 g/mol. The van der Waals surface area contributed by atoms with Crippen LogP contribution in [0.15, 0.2) is 0 Å². The van der Waals surface area contributed by atoms with Gasteiger partial charge < -0.3 is 5.11 Å². The van der Waals surface area contributed by atoms with Gasteiger partial charge in [0.2, 0.25) is 0 Å². The maximum absolute atomic E-state index is 12.1. The van der Waals surface area contributed by atoms with Crippen molar-refractivity contribution in [2.45, 2.75) is 52.1 Å². The van der Waals surface area contributed by atoms with E-state index in [4.69, 9.17) is 0 Å². The summed E-state index contributed by atoms with van der Waals surface area (Å²) in [5.41, 5.74) is -0.328. The normalized spacial score (nSPS) is 30.4. The van der Waals surface area contributed by atoms with Crippen LogP contribution in [0.4, 0.5) is 0 Å². The van der Waals surface area contributed by atoms with Gasteiger partial charge in [0.1, 0.15) is 0 Å². The molecule has 0 heterocycles. The van der Waals surface area contributed by atoms with Crippen molar-refractivity contribution in [3.63, 3.8) is 0 Å². The predicted octanol–water partition coefficient (Wildman–Crippen LogP) is 0.712. The summed E-state index contributed by atoms with van der Waals surface area (Å²) < 4.78 is 28.2. The van der Waals surface area contributed by atoms with Gasteiger partial charge in [-0.25, -0.2) is 0 Å². The highest BCUT2D eigenvalue weighted by Gasteiger charge is 2.41. The maximum atomic E-state index is 12.1. The molecule has 1 rings (SSSR count). The molecule has 0 aromatic rings. The molecule has 1 aliphatic carbocycles. The number of aliphatic hydroxyl groups excluding tert-OH is 1. The Labute approximate surface area is 104 Å². The topological polar surface area (TPSA) is 69.6 Å². The van der Waals surface area contributed by atoms with Crippen LogP contribution in [0.25, 0.3) is 0 Å². The molecule has 2 atom stereocenters. The van der Waals surface area contributed by atoms with Crippen LogP contribution >= 0.6 is 0 Å². The minimum absolute atomic E-state index is 0.0194. The van der Waals surface area contributed by atoms with Crippen LogP contribution in [0.1, 0.15) is 40.0 Å². The molecule has 0 amide bonds. The fourth-order valence-electron chi connectivity index (χ4n) is 2.16. The van der Waals surface area contributed by atoms with Crippen LogP contribution in [-0.2, 0) is 10.2 Å². The van der Waals surface area contributed by atoms with Crippen molar-refractivity contribution >= 4 is 10.2 Å². The Morgan fingerprint density at radius 3 is 2.59 bits per heavy atom. The summed E-state index contributed by atoms with van der Waals surface area (Å²) in [5, 5.41) is 9.39. The lowest BCUT2D eigenvalue weighted by Crippen LogP contribution is -2.50. The molecule has 17 heavy (non-hydrogen) atoms. The average Bonchev–Trinajstić information content (AvgIpc) is 2.59. The Morgan fingerprint density at radius 1 is 1.53 bits per heavy atom. The highest BCUT2D eigenvalue weighted by molar-refractivity contribution is 7.87. The van der Waals surface area contributed by atoms with E-state index in [0.717, 1.165) is 19.3 Å². The van der Waals surface area contributed by atoms with Crippen molar-refractivity contribution < 1.29 is 13.5 Å². The minimum atomic E-state index is -3.45. The Bertz CT molecular complexity index is 356. The van der Waals surface area contributed by atoms with Crippen LogP contribution in [0, 0.1) is 5.41 Å². The minimum Gasteiger partial charge on any atom is -0.396 e. The second-order valence-corrected chi connectivity index (χ2v) is 7.25. The lowest BCUT2D eigenvalue weighted by Gasteiger charge is -2.32. The molecule has 102 valence electrons. The van der Waals surface area contributed by atoms with Gasteiger partial charge in [0.25, 0.3) is 10.2 Å². The second kappa shape index (κ2) is 5.22. The first kappa shape index (κ1) is 14.9. The molecule has 1 saturated carbocycles. The summed E-state index contributed by atoms with van der Waals surface area (Å²) in [5.74, 6) is 0. The van der Waals surface area contributed by atoms with Gasteiger partial charge in [-0.05, 0) is 26.7 Å². The molecule has 0 saturated heterocycles. The molecule has 2 N–H and O–H groups in total. The molecule has 0 aromatic heterocycles. The van der Waals surface area contributed by atoms with Crippen molar-refractivity contribution in [1.82, 2.24) is 9.03 Å². The van der Waals surface area contributed by atoms with Gasteiger partial charge in [-0.1, -0.05) is 13.3 Å². The second-order valence-electron chi connectivity index (χ2n) is 5.49. The summed E-state index contributed by atoms with van der Waals surface area (Å²) in [4.78, 5) is 0. The third-order valence-corrected chi connectivity index (χ3v) is 5.60. The Balaban J connectivity index is 2.78. The molecule has 1 aliphatic rings. The molecule has 1 fully saturated rings. The summed E-state index contributed by atoms with van der Waals surface area (Å²) >= 11 is 0. The van der Waals surface area contributed by atoms with E-state index in [9.17, 15) is 13.5 Å². The van der Waals surface area contributed by atoms with E-state index in [-0.39, 0.29) is 24.1 Å². The Morgan fingerprint density at radius 2 is 2.12 bits per heavy atom. The van der Waals surface area contributed by atoms with Crippen molar-refractivity contribution in [2.75, 3.05) is 13.7 Å². The molecule has 6 heteroatoms. The van der Waals surface area contributed by atoms with Crippen molar-refractivity contribution in [3.05, 3.63) is 0 Å². The van der Waals surface area contributed by atoms with Crippen molar-refractivity contribution in [2.24, 2.45) is 5.41 Å². The van der Waals surface area contributed by atoms with E-state index in [2.05, 4.69) is 4.72 Å². The van der Waals surface area contributed by atoms with E-state index < -0.39 is 10.2 Å². The number of aliphatic hydroxyl groups is 1. The Hall–Kier alpha value is -0.170. The van der Waals surface area contributed by atoms with Crippen LogP contribution in [0.3, 0.4) is 0 Å². The zero-order chi connectivity index (χ0) is 13.3. The number of rotatable bonds is 5. The molecule has 5 nitrogen and oxygen atoms in total. The SMILES string of the molecule is CC(C)N(C)S(=O)(=O)NC1CCCC1(C)CO. The van der Waals surface area contributed by atoms with E-state index in [1.807, 2.05) is 20.8 Å². The summed E-state index contributed by atoms with van der Waals surface area (Å²) in [6.45, 7) is 5.62. The first-order chi connectivity index (χ1) is 7.73. The standard InChI is InChI=1S/C11H24N2O3S/c1-9(2)13(4)17(15,16)12-10-6-5-7-11(10,3)8-14/h9-10,12,14H,5-8H2,1-4H3. The Kier molecular flexibility index (Phi) is 4.57. The van der Waals surface area contributed by atoms with E-state index in [1.165, 1.54) is 4.31 Å². The fraction of sp³-hybridized carbons (Fsp3) is 1.00. The third-order valence-electron chi connectivity index (χ3n) is 3.84. The summed E-state index contributed by atoms with van der Waals surface area (Å²) in [7, 11) is -1.88. The summed E-state index contributed by atoms with van der Waals surface area (Å²) in [6.07, 6.45) is 2.61. The lowest BCUT2D eigenvalue weighted by atomic mass is 9.86. The fourth-order valence-corrected chi connectivity index (χ4v) is 3.65. The summed E-state index contributed by atoms with van der Waals surface area (Å²) in [6, 6.07) is -0.243. The highest BCUT2D eigenvalue weighted by atomic mass is 32.2. The van der Waals surface area contributed by atoms with Gasteiger partial charge in [0.05, 0.1) is 0 Å². The smallest absolute Gasteiger partial charge is 0.279 e. The van der Waals surface area contributed by atoms with Gasteiger partial charge >= 0.3 is 0 Å².